The van der Waals surface area contributed by atoms with Crippen LogP contribution in [-0.2, 0) is 6.42 Å². The highest BCUT2D eigenvalue weighted by Crippen LogP contribution is 2.14. The summed E-state index contributed by atoms with van der Waals surface area (Å²) in [6, 6.07) is 4.21. The summed E-state index contributed by atoms with van der Waals surface area (Å²) in [7, 11) is 1.82. The van der Waals surface area contributed by atoms with Gasteiger partial charge in [0.05, 0.1) is 0 Å². The fourth-order valence-corrected chi connectivity index (χ4v) is 2.66. The fourth-order valence-electron chi connectivity index (χ4n) is 1.96. The second-order valence-corrected chi connectivity index (χ2v) is 5.49. The molecule has 0 saturated heterocycles. The van der Waals surface area contributed by atoms with Gasteiger partial charge in [0.25, 0.3) is 0 Å². The molecule has 0 spiro atoms. The molecule has 0 unspecified atom stereocenters. The van der Waals surface area contributed by atoms with Gasteiger partial charge in [-0.25, -0.2) is 0 Å². The lowest BCUT2D eigenvalue weighted by atomic mass is 10.3. The molecule has 114 valence electrons. The molecule has 0 fully saturated rings. The molecule has 0 aromatic carbocycles. The SMILES string of the molecule is CCN(CC)c1nc(NC)nc(NCCc2cccs2)n1. The minimum absolute atomic E-state index is 0.588. The summed E-state index contributed by atoms with van der Waals surface area (Å²) >= 11 is 1.77. The average Bonchev–Trinajstić information content (AvgIpc) is 3.01. The van der Waals surface area contributed by atoms with Crippen molar-refractivity contribution in [3.8, 4) is 0 Å². The maximum absolute atomic E-state index is 4.50. The quantitative estimate of drug-likeness (QED) is 0.781. The van der Waals surface area contributed by atoms with E-state index in [-0.39, 0.29) is 0 Å². The van der Waals surface area contributed by atoms with E-state index >= 15 is 0 Å². The van der Waals surface area contributed by atoms with Crippen LogP contribution in [0.15, 0.2) is 17.5 Å². The van der Waals surface area contributed by atoms with E-state index < -0.39 is 0 Å². The van der Waals surface area contributed by atoms with Crippen LogP contribution in [0.2, 0.25) is 0 Å². The Kier molecular flexibility index (Phi) is 5.74. The zero-order valence-corrected chi connectivity index (χ0v) is 13.6. The summed E-state index contributed by atoms with van der Waals surface area (Å²) in [5, 5.41) is 8.36. The zero-order valence-electron chi connectivity index (χ0n) is 12.8. The van der Waals surface area contributed by atoms with Gasteiger partial charge in [0.2, 0.25) is 17.8 Å². The van der Waals surface area contributed by atoms with Gasteiger partial charge in [0.15, 0.2) is 0 Å². The lowest BCUT2D eigenvalue weighted by Gasteiger charge is -2.19. The molecule has 0 radical (unpaired) electrons. The van der Waals surface area contributed by atoms with E-state index in [1.807, 2.05) is 7.05 Å². The predicted octanol–water partition coefficient (Wildman–Crippen LogP) is 2.48. The largest absolute Gasteiger partial charge is 0.357 e. The Balaban J connectivity index is 2.05. The Morgan fingerprint density at radius 3 is 2.52 bits per heavy atom. The Morgan fingerprint density at radius 2 is 1.90 bits per heavy atom. The van der Waals surface area contributed by atoms with Crippen molar-refractivity contribution in [2.24, 2.45) is 0 Å². The summed E-state index contributed by atoms with van der Waals surface area (Å²) in [5.74, 6) is 1.91. The lowest BCUT2D eigenvalue weighted by Crippen LogP contribution is -2.25. The number of rotatable bonds is 8. The van der Waals surface area contributed by atoms with Gasteiger partial charge in [0, 0.05) is 31.6 Å². The number of anilines is 3. The van der Waals surface area contributed by atoms with Crippen molar-refractivity contribution in [3.63, 3.8) is 0 Å². The van der Waals surface area contributed by atoms with Gasteiger partial charge in [0.1, 0.15) is 0 Å². The molecule has 2 aromatic rings. The predicted molar refractivity (Wildman–Crippen MR) is 89.4 cm³/mol. The summed E-state index contributed by atoms with van der Waals surface area (Å²) in [6.07, 6.45) is 0.971. The van der Waals surface area contributed by atoms with Crippen molar-refractivity contribution in [1.82, 2.24) is 15.0 Å². The molecule has 0 aliphatic carbocycles. The van der Waals surface area contributed by atoms with Crippen LogP contribution in [0.5, 0.6) is 0 Å². The zero-order chi connectivity index (χ0) is 15.1. The summed E-state index contributed by atoms with van der Waals surface area (Å²) in [4.78, 5) is 16.7. The Bertz CT molecular complexity index is 538. The van der Waals surface area contributed by atoms with E-state index in [0.29, 0.717) is 17.8 Å². The molecule has 2 aromatic heterocycles. The van der Waals surface area contributed by atoms with Crippen LogP contribution in [0, 0.1) is 0 Å². The topological polar surface area (TPSA) is 66.0 Å². The maximum Gasteiger partial charge on any atom is 0.231 e. The minimum atomic E-state index is 0.588. The minimum Gasteiger partial charge on any atom is -0.357 e. The monoisotopic (exact) mass is 306 g/mol. The van der Waals surface area contributed by atoms with Crippen molar-refractivity contribution in [3.05, 3.63) is 22.4 Å². The van der Waals surface area contributed by atoms with Crippen LogP contribution in [0.4, 0.5) is 17.8 Å². The second-order valence-electron chi connectivity index (χ2n) is 4.46. The molecular weight excluding hydrogens is 284 g/mol. The molecule has 0 atom stereocenters. The lowest BCUT2D eigenvalue weighted by molar-refractivity contribution is 0.812. The third-order valence-electron chi connectivity index (χ3n) is 3.13. The van der Waals surface area contributed by atoms with Crippen molar-refractivity contribution >= 4 is 29.2 Å². The molecule has 21 heavy (non-hydrogen) atoms. The Labute approximate surface area is 129 Å². The summed E-state index contributed by atoms with van der Waals surface area (Å²) < 4.78 is 0. The molecule has 0 aliphatic rings. The first kappa shape index (κ1) is 15.5. The van der Waals surface area contributed by atoms with E-state index in [2.05, 4.69) is 61.8 Å². The maximum atomic E-state index is 4.50. The van der Waals surface area contributed by atoms with Crippen molar-refractivity contribution < 1.29 is 0 Å². The van der Waals surface area contributed by atoms with Crippen LogP contribution < -0.4 is 15.5 Å². The highest BCUT2D eigenvalue weighted by molar-refractivity contribution is 7.09. The van der Waals surface area contributed by atoms with Gasteiger partial charge < -0.3 is 15.5 Å². The Hall–Kier alpha value is -1.89. The molecule has 2 N–H and O–H groups in total. The molecule has 0 aliphatic heterocycles. The molecular formula is C14H22N6S. The molecule has 0 amide bonds. The number of nitrogens with one attached hydrogen (secondary N) is 2. The van der Waals surface area contributed by atoms with E-state index in [4.69, 9.17) is 0 Å². The van der Waals surface area contributed by atoms with E-state index in [1.165, 1.54) is 4.88 Å². The molecule has 0 saturated carbocycles. The van der Waals surface area contributed by atoms with Crippen molar-refractivity contribution in [2.75, 3.05) is 42.2 Å². The van der Waals surface area contributed by atoms with E-state index in [1.54, 1.807) is 11.3 Å². The summed E-state index contributed by atoms with van der Waals surface area (Å²) in [6.45, 7) is 6.74. The molecule has 6 nitrogen and oxygen atoms in total. The standard InChI is InChI=1S/C14H22N6S/c1-4-20(5-2)14-18-12(15-3)17-13(19-14)16-9-8-11-7-6-10-21-11/h6-7,10H,4-5,8-9H2,1-3H3,(H2,15,16,17,18,19). The fraction of sp³-hybridized carbons (Fsp3) is 0.500. The first-order chi connectivity index (χ1) is 10.3. The smallest absolute Gasteiger partial charge is 0.231 e. The highest BCUT2D eigenvalue weighted by atomic mass is 32.1. The third-order valence-corrected chi connectivity index (χ3v) is 4.06. The third kappa shape index (κ3) is 4.29. The van der Waals surface area contributed by atoms with Crippen molar-refractivity contribution in [2.45, 2.75) is 20.3 Å². The average molecular weight is 306 g/mol. The van der Waals surface area contributed by atoms with Crippen LogP contribution in [0.3, 0.4) is 0 Å². The molecule has 2 heterocycles. The van der Waals surface area contributed by atoms with Gasteiger partial charge in [-0.15, -0.1) is 11.3 Å². The molecule has 7 heteroatoms. The Morgan fingerprint density at radius 1 is 1.14 bits per heavy atom. The van der Waals surface area contributed by atoms with Gasteiger partial charge in [-0.3, -0.25) is 0 Å². The van der Waals surface area contributed by atoms with E-state index in [0.717, 1.165) is 26.1 Å². The van der Waals surface area contributed by atoms with Crippen LogP contribution >= 0.6 is 11.3 Å². The highest BCUT2D eigenvalue weighted by Gasteiger charge is 2.10. The van der Waals surface area contributed by atoms with Crippen LogP contribution in [0.1, 0.15) is 18.7 Å². The first-order valence-corrected chi connectivity index (χ1v) is 8.09. The number of aromatic nitrogens is 3. The van der Waals surface area contributed by atoms with E-state index in [9.17, 15) is 0 Å². The number of nitrogens with zero attached hydrogens (tertiary/aromatic N) is 4. The molecule has 0 bridgehead atoms. The number of hydrogen-bond acceptors (Lipinski definition) is 7. The second kappa shape index (κ2) is 7.78. The van der Waals surface area contributed by atoms with Crippen LogP contribution in [-0.4, -0.2) is 41.6 Å². The van der Waals surface area contributed by atoms with Gasteiger partial charge >= 0.3 is 0 Å². The normalized spacial score (nSPS) is 10.4. The first-order valence-electron chi connectivity index (χ1n) is 7.21. The van der Waals surface area contributed by atoms with Gasteiger partial charge in [-0.1, -0.05) is 6.07 Å². The summed E-state index contributed by atoms with van der Waals surface area (Å²) in [5.41, 5.74) is 0. The van der Waals surface area contributed by atoms with Crippen molar-refractivity contribution in [1.29, 1.82) is 0 Å². The number of thiophene rings is 1. The molecule has 2 rings (SSSR count). The van der Waals surface area contributed by atoms with Gasteiger partial charge in [-0.05, 0) is 31.7 Å². The van der Waals surface area contributed by atoms with Crippen LogP contribution in [0.25, 0.3) is 0 Å². The van der Waals surface area contributed by atoms with Gasteiger partial charge in [-0.2, -0.15) is 15.0 Å². The number of hydrogen-bond donors (Lipinski definition) is 2.